The molecule has 3 N–H and O–H groups in total. The number of rotatable bonds is 6. The molecule has 1 unspecified atom stereocenters. The highest BCUT2D eigenvalue weighted by molar-refractivity contribution is 7.94. The summed E-state index contributed by atoms with van der Waals surface area (Å²) in [6.45, 7) is 10.3. The van der Waals surface area contributed by atoms with Crippen LogP contribution < -0.4 is 10.6 Å². The third-order valence-corrected chi connectivity index (χ3v) is 7.44. The predicted octanol–water partition coefficient (Wildman–Crippen LogP) is 2.46. The number of piperidine rings is 1. The number of carbonyl (C=O) groups excluding carboxylic acids is 1. The summed E-state index contributed by atoms with van der Waals surface area (Å²) >= 11 is 1.86. The standard InChI is InChI=1S/C22H34N6O2S/c1-17-14-25(22(29)28(15-17)20-4-2-3-19(13-20)21(23)24)16-18-5-7-26(8-6-18)31-27-9-11-30-12-10-27/h2-4,13,17-18H,5-12,14-16H2,1H3,(H3,23,24). The van der Waals surface area contributed by atoms with E-state index < -0.39 is 0 Å². The predicted molar refractivity (Wildman–Crippen MR) is 125 cm³/mol. The van der Waals surface area contributed by atoms with E-state index in [2.05, 4.69) is 15.5 Å². The van der Waals surface area contributed by atoms with E-state index >= 15 is 0 Å². The maximum Gasteiger partial charge on any atom is 0.324 e. The highest BCUT2D eigenvalue weighted by Gasteiger charge is 2.33. The Labute approximate surface area is 189 Å². The number of nitrogens with one attached hydrogen (secondary N) is 1. The number of anilines is 1. The lowest BCUT2D eigenvalue weighted by molar-refractivity contribution is 0.0751. The van der Waals surface area contributed by atoms with Crippen molar-refractivity contribution in [2.75, 3.05) is 63.9 Å². The van der Waals surface area contributed by atoms with Gasteiger partial charge in [-0.3, -0.25) is 10.3 Å². The molecule has 1 atom stereocenters. The monoisotopic (exact) mass is 446 g/mol. The van der Waals surface area contributed by atoms with Crippen LogP contribution >= 0.6 is 12.1 Å². The normalized spacial score (nSPS) is 24.5. The van der Waals surface area contributed by atoms with Crippen molar-refractivity contribution >= 4 is 29.7 Å². The van der Waals surface area contributed by atoms with Gasteiger partial charge in [-0.25, -0.2) is 13.4 Å². The molecule has 3 heterocycles. The first-order valence-corrected chi connectivity index (χ1v) is 12.0. The Morgan fingerprint density at radius 3 is 2.58 bits per heavy atom. The number of nitrogens with zero attached hydrogens (tertiary/aromatic N) is 4. The zero-order valence-corrected chi connectivity index (χ0v) is 19.1. The molecule has 3 saturated heterocycles. The molecule has 8 nitrogen and oxygen atoms in total. The number of amidine groups is 1. The van der Waals surface area contributed by atoms with Crippen molar-refractivity contribution < 1.29 is 9.53 Å². The molecule has 2 amide bonds. The average Bonchev–Trinajstić information content (AvgIpc) is 2.78. The lowest BCUT2D eigenvalue weighted by Crippen LogP contribution is -2.54. The van der Waals surface area contributed by atoms with Crippen molar-refractivity contribution in [2.45, 2.75) is 19.8 Å². The fraction of sp³-hybridized carbons (Fsp3) is 0.636. The van der Waals surface area contributed by atoms with Crippen molar-refractivity contribution in [1.29, 1.82) is 5.41 Å². The lowest BCUT2D eigenvalue weighted by atomic mass is 9.96. The quantitative estimate of drug-likeness (QED) is 0.396. The summed E-state index contributed by atoms with van der Waals surface area (Å²) in [6.07, 6.45) is 2.24. The Morgan fingerprint density at radius 2 is 1.87 bits per heavy atom. The van der Waals surface area contributed by atoms with Gasteiger partial charge in [-0.2, -0.15) is 0 Å². The van der Waals surface area contributed by atoms with E-state index in [1.54, 1.807) is 0 Å². The third-order valence-electron chi connectivity index (χ3n) is 6.25. The largest absolute Gasteiger partial charge is 0.384 e. The Hall–Kier alpha value is -1.81. The molecule has 1 aromatic rings. The van der Waals surface area contributed by atoms with Crippen LogP contribution in [0.1, 0.15) is 25.3 Å². The lowest BCUT2D eigenvalue weighted by Gasteiger charge is -2.42. The fourth-order valence-electron chi connectivity index (χ4n) is 4.56. The van der Waals surface area contributed by atoms with E-state index in [1.807, 2.05) is 46.2 Å². The first-order chi connectivity index (χ1) is 15.0. The van der Waals surface area contributed by atoms with Gasteiger partial charge in [0.1, 0.15) is 5.84 Å². The highest BCUT2D eigenvalue weighted by Crippen LogP contribution is 2.29. The summed E-state index contributed by atoms with van der Waals surface area (Å²) in [5.74, 6) is 0.967. The Bertz CT molecular complexity index is 779. The fourth-order valence-corrected chi connectivity index (χ4v) is 5.57. The van der Waals surface area contributed by atoms with Crippen LogP contribution in [0.3, 0.4) is 0 Å². The number of nitrogens with two attached hydrogens (primary N) is 1. The molecule has 4 rings (SSSR count). The minimum atomic E-state index is 0.0259. The molecule has 0 saturated carbocycles. The molecule has 170 valence electrons. The van der Waals surface area contributed by atoms with Gasteiger partial charge in [-0.05, 0) is 36.8 Å². The number of benzene rings is 1. The van der Waals surface area contributed by atoms with Gasteiger partial charge >= 0.3 is 6.03 Å². The van der Waals surface area contributed by atoms with E-state index in [9.17, 15) is 4.79 Å². The SMILES string of the molecule is CC1CN(CC2CCN(SN3CCOCC3)CC2)C(=O)N(c2cccc(C(=N)N)c2)C1. The number of amides is 2. The summed E-state index contributed by atoms with van der Waals surface area (Å²) in [5, 5.41) is 7.69. The maximum absolute atomic E-state index is 13.3. The molecule has 9 heteroatoms. The zero-order valence-electron chi connectivity index (χ0n) is 18.3. The smallest absolute Gasteiger partial charge is 0.324 e. The second-order valence-corrected chi connectivity index (χ2v) is 10.1. The number of carbonyl (C=O) groups is 1. The topological polar surface area (TPSA) is 89.1 Å². The van der Waals surface area contributed by atoms with Gasteiger partial charge in [0.2, 0.25) is 0 Å². The van der Waals surface area contributed by atoms with Crippen molar-refractivity contribution in [3.63, 3.8) is 0 Å². The van der Waals surface area contributed by atoms with E-state index in [1.165, 1.54) is 0 Å². The first-order valence-electron chi connectivity index (χ1n) is 11.3. The Balaban J connectivity index is 1.32. The maximum atomic E-state index is 13.3. The van der Waals surface area contributed by atoms with Gasteiger partial charge in [0, 0.05) is 69.2 Å². The minimum absolute atomic E-state index is 0.0259. The van der Waals surface area contributed by atoms with Crippen LogP contribution in [-0.4, -0.2) is 84.4 Å². The number of ether oxygens (including phenoxy) is 1. The van der Waals surface area contributed by atoms with Crippen LogP contribution in [0.5, 0.6) is 0 Å². The highest BCUT2D eigenvalue weighted by atomic mass is 32.2. The van der Waals surface area contributed by atoms with Crippen molar-refractivity contribution in [3.8, 4) is 0 Å². The summed E-state index contributed by atoms with van der Waals surface area (Å²) in [5.41, 5.74) is 7.13. The number of nitrogen functional groups attached to an aromatic ring is 1. The van der Waals surface area contributed by atoms with Gasteiger partial charge in [0.15, 0.2) is 0 Å². The molecule has 0 spiro atoms. The van der Waals surface area contributed by atoms with Crippen molar-refractivity contribution in [3.05, 3.63) is 29.8 Å². The van der Waals surface area contributed by atoms with Gasteiger partial charge in [-0.15, -0.1) is 0 Å². The molecule has 0 bridgehead atoms. The summed E-state index contributed by atoms with van der Waals surface area (Å²) in [4.78, 5) is 17.2. The molecular formula is C22H34N6O2S. The molecule has 3 fully saturated rings. The Kier molecular flexibility index (Phi) is 7.37. The molecule has 0 aliphatic carbocycles. The van der Waals surface area contributed by atoms with Gasteiger partial charge in [-0.1, -0.05) is 19.1 Å². The molecule has 1 aromatic carbocycles. The molecule has 0 radical (unpaired) electrons. The Morgan fingerprint density at radius 1 is 1.16 bits per heavy atom. The second kappa shape index (κ2) is 10.2. The molecule has 31 heavy (non-hydrogen) atoms. The first kappa shape index (κ1) is 22.4. The molecule has 0 aromatic heterocycles. The average molecular weight is 447 g/mol. The van der Waals surface area contributed by atoms with Crippen LogP contribution in [0, 0.1) is 17.2 Å². The van der Waals surface area contributed by atoms with E-state index in [-0.39, 0.29) is 11.9 Å². The van der Waals surface area contributed by atoms with Crippen LogP contribution in [0.4, 0.5) is 10.5 Å². The summed E-state index contributed by atoms with van der Waals surface area (Å²) in [6, 6.07) is 7.53. The molecular weight excluding hydrogens is 412 g/mol. The van der Waals surface area contributed by atoms with E-state index in [4.69, 9.17) is 15.9 Å². The molecule has 3 aliphatic rings. The summed E-state index contributed by atoms with van der Waals surface area (Å²) < 4.78 is 10.3. The summed E-state index contributed by atoms with van der Waals surface area (Å²) in [7, 11) is 0. The van der Waals surface area contributed by atoms with Crippen LogP contribution in [0.2, 0.25) is 0 Å². The number of morpholine rings is 1. The van der Waals surface area contributed by atoms with Crippen LogP contribution in [-0.2, 0) is 4.74 Å². The van der Waals surface area contributed by atoms with Crippen molar-refractivity contribution in [2.24, 2.45) is 17.6 Å². The second-order valence-electron chi connectivity index (χ2n) is 8.86. The van der Waals surface area contributed by atoms with Crippen LogP contribution in [0.15, 0.2) is 24.3 Å². The van der Waals surface area contributed by atoms with Crippen molar-refractivity contribution in [1.82, 2.24) is 13.5 Å². The van der Waals surface area contributed by atoms with Gasteiger partial charge in [0.05, 0.1) is 13.2 Å². The number of urea groups is 1. The number of hydrogen-bond acceptors (Lipinski definition) is 6. The van der Waals surface area contributed by atoms with E-state index in [0.717, 1.165) is 71.0 Å². The zero-order chi connectivity index (χ0) is 21.8. The minimum Gasteiger partial charge on any atom is -0.384 e. The third kappa shape index (κ3) is 5.71. The van der Waals surface area contributed by atoms with E-state index in [0.29, 0.717) is 23.9 Å². The number of hydrogen-bond donors (Lipinski definition) is 2. The molecule has 3 aliphatic heterocycles. The van der Waals surface area contributed by atoms with Gasteiger partial charge < -0.3 is 15.4 Å². The van der Waals surface area contributed by atoms with Crippen LogP contribution in [0.25, 0.3) is 0 Å². The van der Waals surface area contributed by atoms with Gasteiger partial charge in [0.25, 0.3) is 0 Å².